The normalized spacial score (nSPS) is 10.5. The monoisotopic (exact) mass is 264 g/mol. The number of para-hydroxylation sites is 1. The molecule has 0 radical (unpaired) electrons. The largest absolute Gasteiger partial charge is 0.294 e. The fraction of sp³-hybridized carbons (Fsp3) is 0.0909. The van der Waals surface area contributed by atoms with Gasteiger partial charge in [0.1, 0.15) is 0 Å². The molecule has 0 fully saturated rings. The fourth-order valence-corrected chi connectivity index (χ4v) is 1.67. The van der Waals surface area contributed by atoms with Crippen LogP contribution in [-0.2, 0) is 6.54 Å². The third-order valence-electron chi connectivity index (χ3n) is 2.07. The van der Waals surface area contributed by atoms with Gasteiger partial charge in [0.25, 0.3) is 5.56 Å². The predicted molar refractivity (Wildman–Crippen MR) is 64.1 cm³/mol. The molecule has 1 aromatic heterocycles. The van der Waals surface area contributed by atoms with Crippen LogP contribution < -0.4 is 5.56 Å². The Bertz CT molecular complexity index is 574. The SMILES string of the molecule is C=C(Br)Cn1cnc2ccccc2c1=O. The Kier molecular flexibility index (Phi) is 2.68. The van der Waals surface area contributed by atoms with Crippen LogP contribution in [0.3, 0.4) is 0 Å². The lowest BCUT2D eigenvalue weighted by molar-refractivity contribution is 0.763. The highest BCUT2D eigenvalue weighted by atomic mass is 79.9. The van der Waals surface area contributed by atoms with Gasteiger partial charge in [-0.1, -0.05) is 34.6 Å². The van der Waals surface area contributed by atoms with Crippen molar-refractivity contribution in [3.63, 3.8) is 0 Å². The molecule has 0 N–H and O–H groups in total. The van der Waals surface area contributed by atoms with Crippen molar-refractivity contribution in [3.8, 4) is 0 Å². The third-order valence-corrected chi connectivity index (χ3v) is 2.32. The molecule has 2 rings (SSSR count). The van der Waals surface area contributed by atoms with Crippen LogP contribution in [0.4, 0.5) is 0 Å². The van der Waals surface area contributed by atoms with E-state index in [1.54, 1.807) is 6.07 Å². The number of allylic oxidation sites excluding steroid dienone is 1. The number of benzene rings is 1. The molecule has 0 bridgehead atoms. The first-order chi connectivity index (χ1) is 7.18. The van der Waals surface area contributed by atoms with Gasteiger partial charge in [-0.05, 0) is 12.1 Å². The zero-order chi connectivity index (χ0) is 10.8. The fourth-order valence-electron chi connectivity index (χ4n) is 1.40. The van der Waals surface area contributed by atoms with E-state index >= 15 is 0 Å². The molecule has 15 heavy (non-hydrogen) atoms. The summed E-state index contributed by atoms with van der Waals surface area (Å²) in [6.07, 6.45) is 1.54. The number of nitrogens with zero attached hydrogens (tertiary/aromatic N) is 2. The van der Waals surface area contributed by atoms with Gasteiger partial charge in [0.2, 0.25) is 0 Å². The van der Waals surface area contributed by atoms with Crippen LogP contribution in [0.5, 0.6) is 0 Å². The van der Waals surface area contributed by atoms with Crippen molar-refractivity contribution in [2.24, 2.45) is 0 Å². The lowest BCUT2D eigenvalue weighted by atomic mass is 10.2. The summed E-state index contributed by atoms with van der Waals surface area (Å²) in [7, 11) is 0. The quantitative estimate of drug-likeness (QED) is 0.835. The Balaban J connectivity index is 2.65. The summed E-state index contributed by atoms with van der Waals surface area (Å²) in [6.45, 7) is 4.14. The average molecular weight is 265 g/mol. The maximum Gasteiger partial charge on any atom is 0.261 e. The second kappa shape index (κ2) is 3.98. The average Bonchev–Trinajstić information content (AvgIpc) is 2.22. The molecule has 4 heteroatoms. The van der Waals surface area contributed by atoms with E-state index in [0.717, 1.165) is 10.00 Å². The number of rotatable bonds is 2. The molecule has 0 spiro atoms. The maximum atomic E-state index is 11.9. The molecule has 0 saturated heterocycles. The summed E-state index contributed by atoms with van der Waals surface area (Å²) in [5, 5.41) is 0.633. The van der Waals surface area contributed by atoms with E-state index in [9.17, 15) is 4.79 Å². The summed E-state index contributed by atoms with van der Waals surface area (Å²) in [6, 6.07) is 7.30. The van der Waals surface area contributed by atoms with Crippen LogP contribution in [0, 0.1) is 0 Å². The topological polar surface area (TPSA) is 34.9 Å². The zero-order valence-electron chi connectivity index (χ0n) is 7.98. The molecule has 0 aliphatic heterocycles. The van der Waals surface area contributed by atoms with Gasteiger partial charge in [-0.15, -0.1) is 0 Å². The van der Waals surface area contributed by atoms with Gasteiger partial charge in [0.15, 0.2) is 0 Å². The lowest BCUT2D eigenvalue weighted by Gasteiger charge is -2.04. The predicted octanol–water partition coefficient (Wildman–Crippen LogP) is 2.31. The van der Waals surface area contributed by atoms with Crippen LogP contribution in [-0.4, -0.2) is 9.55 Å². The second-order valence-corrected chi connectivity index (χ2v) is 4.33. The van der Waals surface area contributed by atoms with Crippen molar-refractivity contribution < 1.29 is 0 Å². The van der Waals surface area contributed by atoms with E-state index in [1.807, 2.05) is 18.2 Å². The van der Waals surface area contributed by atoms with Crippen molar-refractivity contribution in [3.05, 3.63) is 52.0 Å². The molecular formula is C11H9BrN2O. The Hall–Kier alpha value is -1.42. The Morgan fingerprint density at radius 1 is 1.47 bits per heavy atom. The number of hydrogen-bond donors (Lipinski definition) is 0. The van der Waals surface area contributed by atoms with Gasteiger partial charge in [-0.25, -0.2) is 4.98 Å². The van der Waals surface area contributed by atoms with Crippen molar-refractivity contribution in [2.45, 2.75) is 6.54 Å². The van der Waals surface area contributed by atoms with Gasteiger partial charge < -0.3 is 0 Å². The number of aromatic nitrogens is 2. The van der Waals surface area contributed by atoms with Crippen molar-refractivity contribution in [2.75, 3.05) is 0 Å². The molecular weight excluding hydrogens is 256 g/mol. The molecule has 1 heterocycles. The number of halogens is 1. The molecule has 0 unspecified atom stereocenters. The summed E-state index contributed by atoms with van der Waals surface area (Å²) in [5.74, 6) is 0. The van der Waals surface area contributed by atoms with Crippen molar-refractivity contribution >= 4 is 26.8 Å². The molecule has 0 amide bonds. The highest BCUT2D eigenvalue weighted by molar-refractivity contribution is 9.11. The molecule has 2 aromatic rings. The maximum absolute atomic E-state index is 11.9. The van der Waals surface area contributed by atoms with Crippen LogP contribution in [0.1, 0.15) is 0 Å². The summed E-state index contributed by atoms with van der Waals surface area (Å²) >= 11 is 3.23. The molecule has 3 nitrogen and oxygen atoms in total. The standard InChI is InChI=1S/C11H9BrN2O/c1-8(12)6-14-7-13-10-5-3-2-4-9(10)11(14)15/h2-5,7H,1,6H2. The van der Waals surface area contributed by atoms with Crippen LogP contribution in [0.15, 0.2) is 46.4 Å². The van der Waals surface area contributed by atoms with Crippen LogP contribution in [0.25, 0.3) is 10.9 Å². The molecule has 0 aliphatic carbocycles. The van der Waals surface area contributed by atoms with Crippen molar-refractivity contribution in [1.82, 2.24) is 9.55 Å². The van der Waals surface area contributed by atoms with Gasteiger partial charge in [-0.2, -0.15) is 0 Å². The minimum atomic E-state index is -0.0406. The molecule has 0 aliphatic rings. The van der Waals surface area contributed by atoms with E-state index in [4.69, 9.17) is 0 Å². The molecule has 0 atom stereocenters. The lowest BCUT2D eigenvalue weighted by Crippen LogP contribution is -2.20. The van der Waals surface area contributed by atoms with E-state index in [1.165, 1.54) is 10.9 Å². The first-order valence-corrected chi connectivity index (χ1v) is 5.25. The van der Waals surface area contributed by atoms with E-state index in [-0.39, 0.29) is 5.56 Å². The minimum absolute atomic E-state index is 0.0406. The van der Waals surface area contributed by atoms with E-state index < -0.39 is 0 Å². The highest BCUT2D eigenvalue weighted by Gasteiger charge is 2.02. The molecule has 0 saturated carbocycles. The Morgan fingerprint density at radius 3 is 2.93 bits per heavy atom. The smallest absolute Gasteiger partial charge is 0.261 e. The minimum Gasteiger partial charge on any atom is -0.294 e. The van der Waals surface area contributed by atoms with Gasteiger partial charge in [0.05, 0.1) is 23.8 Å². The van der Waals surface area contributed by atoms with E-state index in [0.29, 0.717) is 11.9 Å². The number of fused-ring (bicyclic) bond motifs is 1. The first kappa shape index (κ1) is 10.1. The van der Waals surface area contributed by atoms with Gasteiger partial charge >= 0.3 is 0 Å². The summed E-state index contributed by atoms with van der Waals surface area (Å²) in [4.78, 5) is 16.1. The third kappa shape index (κ3) is 1.99. The van der Waals surface area contributed by atoms with Gasteiger partial charge in [-0.3, -0.25) is 9.36 Å². The van der Waals surface area contributed by atoms with Crippen molar-refractivity contribution in [1.29, 1.82) is 0 Å². The summed E-state index contributed by atoms with van der Waals surface area (Å²) < 4.78 is 2.28. The zero-order valence-corrected chi connectivity index (χ0v) is 9.57. The highest BCUT2D eigenvalue weighted by Crippen LogP contribution is 2.07. The molecule has 76 valence electrons. The number of hydrogen-bond acceptors (Lipinski definition) is 2. The Labute approximate surface area is 95.2 Å². The van der Waals surface area contributed by atoms with Gasteiger partial charge in [0, 0.05) is 4.48 Å². The summed E-state index contributed by atoms with van der Waals surface area (Å²) in [5.41, 5.74) is 0.681. The first-order valence-electron chi connectivity index (χ1n) is 4.46. The molecule has 1 aromatic carbocycles. The van der Waals surface area contributed by atoms with E-state index in [2.05, 4.69) is 27.5 Å². The second-order valence-electron chi connectivity index (χ2n) is 3.21. The van der Waals surface area contributed by atoms with Crippen LogP contribution >= 0.6 is 15.9 Å². The van der Waals surface area contributed by atoms with Crippen LogP contribution in [0.2, 0.25) is 0 Å². The Morgan fingerprint density at radius 2 is 2.20 bits per heavy atom.